The Labute approximate surface area is 65.5 Å². The van der Waals surface area contributed by atoms with Crippen LogP contribution in [0.5, 0.6) is 0 Å². The Hall–Kier alpha value is -1.57. The Morgan fingerprint density at radius 2 is 2.09 bits per heavy atom. The van der Waals surface area contributed by atoms with Crippen molar-refractivity contribution in [1.82, 2.24) is 0 Å². The van der Waals surface area contributed by atoms with E-state index in [9.17, 15) is 0 Å². The Morgan fingerprint density at radius 1 is 1.36 bits per heavy atom. The third-order valence-electron chi connectivity index (χ3n) is 1.35. The third-order valence-corrected chi connectivity index (χ3v) is 1.35. The molecule has 2 heteroatoms. The SMILES string of the molecule is C=Cc1cccc(/C=N/O)c1. The van der Waals surface area contributed by atoms with Gasteiger partial charge in [0.2, 0.25) is 0 Å². The first-order valence-electron chi connectivity index (χ1n) is 3.27. The summed E-state index contributed by atoms with van der Waals surface area (Å²) < 4.78 is 0. The molecule has 0 aliphatic carbocycles. The average Bonchev–Trinajstić information content (AvgIpc) is 2.06. The van der Waals surface area contributed by atoms with Crippen LogP contribution < -0.4 is 0 Å². The highest BCUT2D eigenvalue weighted by Gasteiger charge is 1.87. The van der Waals surface area contributed by atoms with E-state index in [1.807, 2.05) is 24.3 Å². The maximum atomic E-state index is 8.23. The van der Waals surface area contributed by atoms with Crippen LogP contribution in [0.1, 0.15) is 11.1 Å². The highest BCUT2D eigenvalue weighted by molar-refractivity contribution is 5.80. The second-order valence-corrected chi connectivity index (χ2v) is 2.12. The summed E-state index contributed by atoms with van der Waals surface area (Å²) in [6.45, 7) is 3.63. The lowest BCUT2D eigenvalue weighted by molar-refractivity contribution is 0.322. The van der Waals surface area contributed by atoms with E-state index in [0.717, 1.165) is 11.1 Å². The summed E-state index contributed by atoms with van der Waals surface area (Å²) in [5.74, 6) is 0. The summed E-state index contributed by atoms with van der Waals surface area (Å²) >= 11 is 0. The first-order chi connectivity index (χ1) is 5.36. The molecule has 11 heavy (non-hydrogen) atoms. The maximum absolute atomic E-state index is 8.23. The molecule has 2 nitrogen and oxygen atoms in total. The van der Waals surface area contributed by atoms with Crippen molar-refractivity contribution in [2.45, 2.75) is 0 Å². The van der Waals surface area contributed by atoms with E-state index in [2.05, 4.69) is 11.7 Å². The van der Waals surface area contributed by atoms with Crippen molar-refractivity contribution in [3.05, 3.63) is 42.0 Å². The third kappa shape index (κ3) is 1.93. The van der Waals surface area contributed by atoms with Crippen LogP contribution in [-0.2, 0) is 0 Å². The predicted molar refractivity (Wildman–Crippen MR) is 45.9 cm³/mol. The lowest BCUT2D eigenvalue weighted by Gasteiger charge is -1.93. The summed E-state index contributed by atoms with van der Waals surface area (Å²) in [6, 6.07) is 7.55. The summed E-state index contributed by atoms with van der Waals surface area (Å²) in [6.07, 6.45) is 3.13. The Bertz CT molecular complexity index is 279. The molecule has 0 aromatic heterocycles. The molecular formula is C9H9NO. The van der Waals surface area contributed by atoms with Gasteiger partial charge >= 0.3 is 0 Å². The number of hydrogen-bond acceptors (Lipinski definition) is 2. The topological polar surface area (TPSA) is 32.6 Å². The molecule has 0 unspecified atom stereocenters. The van der Waals surface area contributed by atoms with Crippen molar-refractivity contribution in [3.63, 3.8) is 0 Å². The zero-order valence-corrected chi connectivity index (χ0v) is 6.07. The maximum Gasteiger partial charge on any atom is 0.0734 e. The standard InChI is InChI=1S/C9H9NO/c1-2-8-4-3-5-9(6-8)7-10-11/h2-7,11H,1H2/b10-7+. The van der Waals surface area contributed by atoms with E-state index >= 15 is 0 Å². The number of benzene rings is 1. The van der Waals surface area contributed by atoms with Crippen LogP contribution in [0.25, 0.3) is 6.08 Å². The van der Waals surface area contributed by atoms with Crippen LogP contribution in [0.15, 0.2) is 36.0 Å². The molecule has 0 atom stereocenters. The Balaban J connectivity index is 3.00. The molecule has 0 saturated carbocycles. The van der Waals surface area contributed by atoms with Gasteiger partial charge in [-0.3, -0.25) is 0 Å². The second kappa shape index (κ2) is 3.56. The van der Waals surface area contributed by atoms with Gasteiger partial charge in [-0.25, -0.2) is 0 Å². The number of nitrogens with zero attached hydrogens (tertiary/aromatic N) is 1. The van der Waals surface area contributed by atoms with Crippen molar-refractivity contribution >= 4 is 12.3 Å². The zero-order chi connectivity index (χ0) is 8.10. The van der Waals surface area contributed by atoms with Gasteiger partial charge in [-0.2, -0.15) is 0 Å². The largest absolute Gasteiger partial charge is 0.411 e. The minimum atomic E-state index is 0.866. The van der Waals surface area contributed by atoms with Crippen molar-refractivity contribution in [2.75, 3.05) is 0 Å². The first kappa shape index (κ1) is 7.54. The molecule has 0 radical (unpaired) electrons. The van der Waals surface area contributed by atoms with Gasteiger partial charge in [0.1, 0.15) is 0 Å². The minimum absolute atomic E-state index is 0.866. The quantitative estimate of drug-likeness (QED) is 0.388. The highest BCUT2D eigenvalue weighted by Crippen LogP contribution is 2.03. The molecule has 1 N–H and O–H groups in total. The Morgan fingerprint density at radius 3 is 2.73 bits per heavy atom. The van der Waals surface area contributed by atoms with E-state index < -0.39 is 0 Å². The monoisotopic (exact) mass is 147 g/mol. The smallest absolute Gasteiger partial charge is 0.0734 e. The van der Waals surface area contributed by atoms with Gasteiger partial charge in [-0.1, -0.05) is 36.0 Å². The fraction of sp³-hybridized carbons (Fsp3) is 0. The van der Waals surface area contributed by atoms with Crippen LogP contribution in [0, 0.1) is 0 Å². The van der Waals surface area contributed by atoms with Crippen LogP contribution >= 0.6 is 0 Å². The van der Waals surface area contributed by atoms with Crippen molar-refractivity contribution < 1.29 is 5.21 Å². The fourth-order valence-corrected chi connectivity index (χ4v) is 0.833. The van der Waals surface area contributed by atoms with Crippen molar-refractivity contribution in [3.8, 4) is 0 Å². The van der Waals surface area contributed by atoms with Gasteiger partial charge in [-0.05, 0) is 17.2 Å². The molecule has 56 valence electrons. The number of rotatable bonds is 2. The summed E-state index contributed by atoms with van der Waals surface area (Å²) in [5.41, 5.74) is 1.88. The average molecular weight is 147 g/mol. The molecule has 0 bridgehead atoms. The second-order valence-electron chi connectivity index (χ2n) is 2.12. The van der Waals surface area contributed by atoms with Crippen LogP contribution in [-0.4, -0.2) is 11.4 Å². The van der Waals surface area contributed by atoms with Crippen LogP contribution in [0.3, 0.4) is 0 Å². The lowest BCUT2D eigenvalue weighted by atomic mass is 10.1. The molecule has 1 aromatic carbocycles. The molecule has 0 aliphatic heterocycles. The van der Waals surface area contributed by atoms with Gasteiger partial charge in [0.15, 0.2) is 0 Å². The summed E-state index contributed by atoms with van der Waals surface area (Å²) in [7, 11) is 0. The highest BCUT2D eigenvalue weighted by atomic mass is 16.4. The summed E-state index contributed by atoms with van der Waals surface area (Å²) in [5, 5.41) is 11.1. The van der Waals surface area contributed by atoms with E-state index in [-0.39, 0.29) is 0 Å². The molecule has 0 amide bonds. The molecule has 1 aromatic rings. The van der Waals surface area contributed by atoms with Gasteiger partial charge in [-0.15, -0.1) is 0 Å². The van der Waals surface area contributed by atoms with Gasteiger partial charge in [0.25, 0.3) is 0 Å². The van der Waals surface area contributed by atoms with Gasteiger partial charge in [0, 0.05) is 0 Å². The molecule has 0 spiro atoms. The van der Waals surface area contributed by atoms with Crippen molar-refractivity contribution in [2.24, 2.45) is 5.16 Å². The fourth-order valence-electron chi connectivity index (χ4n) is 0.833. The first-order valence-corrected chi connectivity index (χ1v) is 3.27. The van der Waals surface area contributed by atoms with Crippen LogP contribution in [0.4, 0.5) is 0 Å². The Kier molecular flexibility index (Phi) is 2.44. The van der Waals surface area contributed by atoms with E-state index in [4.69, 9.17) is 5.21 Å². The predicted octanol–water partition coefficient (Wildman–Crippen LogP) is 2.14. The zero-order valence-electron chi connectivity index (χ0n) is 6.07. The molecular weight excluding hydrogens is 138 g/mol. The molecule has 0 aliphatic rings. The number of oxime groups is 1. The molecule has 0 heterocycles. The minimum Gasteiger partial charge on any atom is -0.411 e. The summed E-state index contributed by atoms with van der Waals surface area (Å²) in [4.78, 5) is 0. The van der Waals surface area contributed by atoms with E-state index in [0.29, 0.717) is 0 Å². The van der Waals surface area contributed by atoms with E-state index in [1.165, 1.54) is 6.21 Å². The normalized spacial score (nSPS) is 10.2. The number of hydrogen-bond donors (Lipinski definition) is 1. The van der Waals surface area contributed by atoms with Crippen LogP contribution in [0.2, 0.25) is 0 Å². The van der Waals surface area contributed by atoms with Gasteiger partial charge in [0.05, 0.1) is 6.21 Å². The molecule has 1 rings (SSSR count). The van der Waals surface area contributed by atoms with Crippen molar-refractivity contribution in [1.29, 1.82) is 0 Å². The molecule has 0 fully saturated rings. The van der Waals surface area contributed by atoms with Gasteiger partial charge < -0.3 is 5.21 Å². The van der Waals surface area contributed by atoms with E-state index in [1.54, 1.807) is 6.08 Å². The molecule has 0 saturated heterocycles. The lowest BCUT2D eigenvalue weighted by Crippen LogP contribution is -1.80.